The van der Waals surface area contributed by atoms with E-state index in [2.05, 4.69) is 19.6 Å². The molecule has 0 radical (unpaired) electrons. The van der Waals surface area contributed by atoms with Gasteiger partial charge in [-0.1, -0.05) is 19.6 Å². The van der Waals surface area contributed by atoms with Crippen LogP contribution in [0.25, 0.3) is 0 Å². The van der Waals surface area contributed by atoms with Crippen LogP contribution in [0.15, 0.2) is 23.1 Å². The molecule has 1 aromatic carbocycles. The number of ether oxygens (including phenoxy) is 2. The third-order valence-electron chi connectivity index (χ3n) is 3.33. The molecule has 0 aromatic heterocycles. The summed E-state index contributed by atoms with van der Waals surface area (Å²) in [6, 6.07) is 4.39. The van der Waals surface area contributed by atoms with Crippen LogP contribution in [0.2, 0.25) is 25.7 Å². The minimum Gasteiger partial charge on any atom is -0.490 e. The number of nitro groups is 1. The highest BCUT2D eigenvalue weighted by Gasteiger charge is 2.25. The van der Waals surface area contributed by atoms with Crippen molar-refractivity contribution in [2.24, 2.45) is 0 Å². The molecule has 0 amide bonds. The van der Waals surface area contributed by atoms with Gasteiger partial charge in [0.2, 0.25) is 10.0 Å². The molecule has 0 spiro atoms. The standard InChI is InChI=1S/C14H24N2O6SSi/c1-15(11-22-8-9-24(3,4)5)23(19,20)12-6-7-13(16(17)18)14(10-12)21-2/h6-7,10H,8-9,11H2,1-5H3. The van der Waals surface area contributed by atoms with Crippen LogP contribution in [0.4, 0.5) is 5.69 Å². The van der Waals surface area contributed by atoms with Crippen molar-refractivity contribution in [1.82, 2.24) is 4.31 Å². The summed E-state index contributed by atoms with van der Waals surface area (Å²) in [6.45, 7) is 7.05. The second-order valence-electron chi connectivity index (χ2n) is 6.54. The average Bonchev–Trinajstić information content (AvgIpc) is 2.49. The summed E-state index contributed by atoms with van der Waals surface area (Å²) in [4.78, 5) is 10.2. The van der Waals surface area contributed by atoms with Crippen LogP contribution in [-0.2, 0) is 14.8 Å². The van der Waals surface area contributed by atoms with Crippen molar-refractivity contribution < 1.29 is 22.8 Å². The zero-order valence-corrected chi connectivity index (χ0v) is 16.4. The van der Waals surface area contributed by atoms with Crippen molar-refractivity contribution in [3.05, 3.63) is 28.3 Å². The maximum absolute atomic E-state index is 12.5. The molecule has 0 atom stereocenters. The zero-order valence-electron chi connectivity index (χ0n) is 14.6. The van der Waals surface area contributed by atoms with Crippen LogP contribution in [0.1, 0.15) is 0 Å². The molecule has 0 unspecified atom stereocenters. The minimum atomic E-state index is -3.81. The summed E-state index contributed by atoms with van der Waals surface area (Å²) in [7, 11) is -2.40. The molecule has 0 fully saturated rings. The molecule has 1 rings (SSSR count). The van der Waals surface area contributed by atoms with E-state index in [1.54, 1.807) is 0 Å². The van der Waals surface area contributed by atoms with Crippen molar-refractivity contribution in [1.29, 1.82) is 0 Å². The van der Waals surface area contributed by atoms with Gasteiger partial charge in [-0.3, -0.25) is 10.1 Å². The van der Waals surface area contributed by atoms with Crippen LogP contribution >= 0.6 is 0 Å². The first-order chi connectivity index (χ1) is 11.0. The van der Waals surface area contributed by atoms with Crippen LogP contribution in [-0.4, -0.2) is 53.2 Å². The largest absolute Gasteiger partial charge is 0.490 e. The van der Waals surface area contributed by atoms with Gasteiger partial charge in [0, 0.05) is 33.9 Å². The van der Waals surface area contributed by atoms with E-state index in [-0.39, 0.29) is 23.1 Å². The van der Waals surface area contributed by atoms with Gasteiger partial charge in [0.15, 0.2) is 5.75 Å². The van der Waals surface area contributed by atoms with E-state index in [4.69, 9.17) is 9.47 Å². The van der Waals surface area contributed by atoms with E-state index >= 15 is 0 Å². The summed E-state index contributed by atoms with van der Waals surface area (Å²) in [5.74, 6) is -0.103. The Labute approximate surface area is 143 Å². The normalized spacial score (nSPS) is 12.4. The second-order valence-corrected chi connectivity index (χ2v) is 14.2. The third-order valence-corrected chi connectivity index (χ3v) is 6.81. The van der Waals surface area contributed by atoms with Gasteiger partial charge in [-0.2, -0.15) is 4.31 Å². The van der Waals surface area contributed by atoms with E-state index in [0.717, 1.165) is 22.5 Å². The number of rotatable bonds is 9. The third kappa shape index (κ3) is 5.55. The van der Waals surface area contributed by atoms with Crippen molar-refractivity contribution in [3.63, 3.8) is 0 Å². The SMILES string of the molecule is COc1cc(S(=O)(=O)N(C)COCC[Si](C)(C)C)ccc1[N+](=O)[O-]. The Morgan fingerprint density at radius 2 is 1.92 bits per heavy atom. The van der Waals surface area contributed by atoms with Gasteiger partial charge in [-0.05, 0) is 12.1 Å². The van der Waals surface area contributed by atoms with Gasteiger partial charge in [-0.25, -0.2) is 8.42 Å². The first-order valence-corrected chi connectivity index (χ1v) is 12.5. The highest BCUT2D eigenvalue weighted by atomic mass is 32.2. The summed E-state index contributed by atoms with van der Waals surface area (Å²) in [6.07, 6.45) is 0. The van der Waals surface area contributed by atoms with Gasteiger partial charge in [0.25, 0.3) is 0 Å². The Morgan fingerprint density at radius 3 is 2.42 bits per heavy atom. The number of hydrogen-bond donors (Lipinski definition) is 0. The fraction of sp³-hybridized carbons (Fsp3) is 0.571. The van der Waals surface area contributed by atoms with Crippen molar-refractivity contribution >= 4 is 23.8 Å². The fourth-order valence-corrected chi connectivity index (χ4v) is 3.62. The fourth-order valence-electron chi connectivity index (χ4n) is 1.79. The Kier molecular flexibility index (Phi) is 6.90. The number of nitro benzene ring substituents is 1. The molecule has 0 saturated carbocycles. The molecular weight excluding hydrogens is 352 g/mol. The molecule has 136 valence electrons. The van der Waals surface area contributed by atoms with Gasteiger partial charge in [0.1, 0.15) is 6.73 Å². The predicted octanol–water partition coefficient (Wildman–Crippen LogP) is 2.54. The lowest BCUT2D eigenvalue weighted by Gasteiger charge is -2.20. The van der Waals surface area contributed by atoms with Crippen molar-refractivity contribution in [2.45, 2.75) is 30.6 Å². The maximum Gasteiger partial charge on any atom is 0.310 e. The van der Waals surface area contributed by atoms with E-state index in [9.17, 15) is 18.5 Å². The molecule has 10 heteroatoms. The Hall–Kier alpha value is -1.49. The topological polar surface area (TPSA) is 99.0 Å². The summed E-state index contributed by atoms with van der Waals surface area (Å²) >= 11 is 0. The maximum atomic E-state index is 12.5. The Balaban J connectivity index is 2.85. The molecule has 0 N–H and O–H groups in total. The quantitative estimate of drug-likeness (QED) is 0.216. The molecule has 0 aliphatic rings. The average molecular weight is 377 g/mol. The Morgan fingerprint density at radius 1 is 1.29 bits per heavy atom. The number of methoxy groups -OCH3 is 1. The van der Waals surface area contributed by atoms with E-state index < -0.39 is 23.0 Å². The van der Waals surface area contributed by atoms with Crippen molar-refractivity contribution in [3.8, 4) is 5.75 Å². The lowest BCUT2D eigenvalue weighted by atomic mass is 10.3. The number of nitrogens with zero attached hydrogens (tertiary/aromatic N) is 2. The predicted molar refractivity (Wildman–Crippen MR) is 93.6 cm³/mol. The molecule has 24 heavy (non-hydrogen) atoms. The number of hydrogen-bond acceptors (Lipinski definition) is 6. The molecule has 0 heterocycles. The number of benzene rings is 1. The first kappa shape index (κ1) is 20.6. The smallest absolute Gasteiger partial charge is 0.310 e. The van der Waals surface area contributed by atoms with Crippen LogP contribution < -0.4 is 4.74 Å². The molecule has 1 aromatic rings. The highest BCUT2D eigenvalue weighted by Crippen LogP contribution is 2.30. The van der Waals surface area contributed by atoms with Crippen molar-refractivity contribution in [2.75, 3.05) is 27.5 Å². The van der Waals surface area contributed by atoms with Crippen LogP contribution in [0, 0.1) is 10.1 Å². The lowest BCUT2D eigenvalue weighted by Crippen LogP contribution is -2.30. The van der Waals surface area contributed by atoms with Gasteiger partial charge >= 0.3 is 5.69 Å². The zero-order chi connectivity index (χ0) is 18.5. The molecular formula is C14H24N2O6SSi. The van der Waals surface area contributed by atoms with Gasteiger partial charge in [0.05, 0.1) is 16.9 Å². The van der Waals surface area contributed by atoms with Gasteiger partial charge < -0.3 is 9.47 Å². The van der Waals surface area contributed by atoms with E-state index in [1.807, 2.05) is 0 Å². The monoisotopic (exact) mass is 376 g/mol. The summed E-state index contributed by atoms with van der Waals surface area (Å²) in [5, 5.41) is 10.9. The molecule has 8 nitrogen and oxygen atoms in total. The summed E-state index contributed by atoms with van der Waals surface area (Å²) < 4.78 is 36.4. The highest BCUT2D eigenvalue weighted by molar-refractivity contribution is 7.89. The summed E-state index contributed by atoms with van der Waals surface area (Å²) in [5.41, 5.74) is -0.287. The molecule has 0 bridgehead atoms. The van der Waals surface area contributed by atoms with Crippen LogP contribution in [0.3, 0.4) is 0 Å². The van der Waals surface area contributed by atoms with Crippen LogP contribution in [0.5, 0.6) is 5.75 Å². The molecule has 0 saturated heterocycles. The number of sulfonamides is 1. The second kappa shape index (κ2) is 8.06. The Bertz CT molecular complexity index is 687. The minimum absolute atomic E-state index is 0.0773. The van der Waals surface area contributed by atoms with E-state index in [1.165, 1.54) is 20.2 Å². The lowest BCUT2D eigenvalue weighted by molar-refractivity contribution is -0.385. The van der Waals surface area contributed by atoms with Gasteiger partial charge in [-0.15, -0.1) is 0 Å². The first-order valence-electron chi connectivity index (χ1n) is 7.35. The van der Waals surface area contributed by atoms with E-state index in [0.29, 0.717) is 6.61 Å². The molecule has 0 aliphatic heterocycles. The molecule has 0 aliphatic carbocycles.